The maximum Gasteiger partial charge on any atom is 0.261 e. The van der Waals surface area contributed by atoms with Gasteiger partial charge in [-0.05, 0) is 42.7 Å². The van der Waals surface area contributed by atoms with E-state index in [0.717, 1.165) is 23.8 Å². The number of amides is 1. The molecule has 0 aliphatic heterocycles. The molecule has 0 saturated heterocycles. The molecule has 0 bridgehead atoms. The second kappa shape index (κ2) is 5.87. The summed E-state index contributed by atoms with van der Waals surface area (Å²) in [6.45, 7) is 7.26. The highest BCUT2D eigenvalue weighted by atomic mass is 32.1. The molecule has 18 heavy (non-hydrogen) atoms. The molecule has 1 atom stereocenters. The van der Waals surface area contributed by atoms with Gasteiger partial charge in [-0.1, -0.05) is 27.2 Å². The third-order valence-electron chi connectivity index (χ3n) is 3.66. The molecule has 1 aliphatic carbocycles. The van der Waals surface area contributed by atoms with E-state index in [4.69, 9.17) is 0 Å². The van der Waals surface area contributed by atoms with Crippen LogP contribution in [0.25, 0.3) is 0 Å². The standard InChI is InChI=1S/C15H23NOS/c1-4-11-5-6-13-12(7-11)8-14(18-13)15(17)16-9-10(2)3/h8,10-11H,4-7,9H2,1-3H3,(H,16,17). The summed E-state index contributed by atoms with van der Waals surface area (Å²) in [5.41, 5.74) is 1.42. The number of rotatable bonds is 4. The molecule has 1 N–H and O–H groups in total. The monoisotopic (exact) mass is 265 g/mol. The van der Waals surface area contributed by atoms with Crippen LogP contribution in [0.5, 0.6) is 0 Å². The Morgan fingerprint density at radius 3 is 3.00 bits per heavy atom. The molecule has 2 rings (SSSR count). The van der Waals surface area contributed by atoms with E-state index < -0.39 is 0 Å². The molecular weight excluding hydrogens is 242 g/mol. The Balaban J connectivity index is 2.03. The molecule has 1 aromatic heterocycles. The van der Waals surface area contributed by atoms with E-state index in [2.05, 4.69) is 32.2 Å². The van der Waals surface area contributed by atoms with Crippen LogP contribution in [0.1, 0.15) is 53.7 Å². The Kier molecular flexibility index (Phi) is 4.44. The van der Waals surface area contributed by atoms with E-state index in [1.165, 1.54) is 29.7 Å². The first kappa shape index (κ1) is 13.6. The van der Waals surface area contributed by atoms with Gasteiger partial charge in [0.1, 0.15) is 0 Å². The lowest BCUT2D eigenvalue weighted by atomic mass is 9.87. The van der Waals surface area contributed by atoms with Crippen molar-refractivity contribution in [1.29, 1.82) is 0 Å². The second-order valence-corrected chi connectivity index (χ2v) is 6.82. The lowest BCUT2D eigenvalue weighted by Gasteiger charge is -2.19. The molecule has 0 spiro atoms. The van der Waals surface area contributed by atoms with Crippen LogP contribution in [0.2, 0.25) is 0 Å². The molecule has 3 heteroatoms. The van der Waals surface area contributed by atoms with Gasteiger partial charge in [-0.2, -0.15) is 0 Å². The van der Waals surface area contributed by atoms with Crippen molar-refractivity contribution in [3.63, 3.8) is 0 Å². The number of carbonyl (C=O) groups is 1. The Morgan fingerprint density at radius 2 is 2.33 bits per heavy atom. The van der Waals surface area contributed by atoms with Crippen LogP contribution >= 0.6 is 11.3 Å². The highest BCUT2D eigenvalue weighted by molar-refractivity contribution is 7.14. The fourth-order valence-corrected chi connectivity index (χ4v) is 3.57. The van der Waals surface area contributed by atoms with E-state index in [9.17, 15) is 4.79 Å². The third kappa shape index (κ3) is 3.14. The van der Waals surface area contributed by atoms with Gasteiger partial charge in [0, 0.05) is 11.4 Å². The Labute approximate surface area is 114 Å². The van der Waals surface area contributed by atoms with Gasteiger partial charge in [-0.25, -0.2) is 0 Å². The lowest BCUT2D eigenvalue weighted by molar-refractivity contribution is 0.0953. The van der Waals surface area contributed by atoms with Crippen LogP contribution in [0.4, 0.5) is 0 Å². The van der Waals surface area contributed by atoms with Crippen LogP contribution in [0, 0.1) is 11.8 Å². The topological polar surface area (TPSA) is 29.1 Å². The summed E-state index contributed by atoms with van der Waals surface area (Å²) in [6.07, 6.45) is 4.87. The maximum atomic E-state index is 12.0. The molecule has 100 valence electrons. The number of carbonyl (C=O) groups excluding carboxylic acids is 1. The molecule has 1 amide bonds. The summed E-state index contributed by atoms with van der Waals surface area (Å²) in [7, 11) is 0. The van der Waals surface area contributed by atoms with Crippen molar-refractivity contribution >= 4 is 17.2 Å². The minimum atomic E-state index is 0.108. The fourth-order valence-electron chi connectivity index (χ4n) is 2.44. The van der Waals surface area contributed by atoms with Crippen LogP contribution < -0.4 is 5.32 Å². The maximum absolute atomic E-state index is 12.0. The summed E-state index contributed by atoms with van der Waals surface area (Å²) >= 11 is 1.70. The van der Waals surface area contributed by atoms with E-state index in [1.807, 2.05) is 0 Å². The predicted molar refractivity (Wildman–Crippen MR) is 77.3 cm³/mol. The van der Waals surface area contributed by atoms with Gasteiger partial charge in [-0.3, -0.25) is 4.79 Å². The Bertz CT molecular complexity index is 422. The molecule has 1 heterocycles. The lowest BCUT2D eigenvalue weighted by Crippen LogP contribution is -2.26. The second-order valence-electron chi connectivity index (χ2n) is 5.68. The number of fused-ring (bicyclic) bond motifs is 1. The molecule has 1 unspecified atom stereocenters. The molecular formula is C15H23NOS. The Hall–Kier alpha value is -0.830. The van der Waals surface area contributed by atoms with Gasteiger partial charge < -0.3 is 5.32 Å². The fraction of sp³-hybridized carbons (Fsp3) is 0.667. The molecule has 1 aliphatic rings. The van der Waals surface area contributed by atoms with Gasteiger partial charge in [0.05, 0.1) is 4.88 Å². The predicted octanol–water partition coefficient (Wildman–Crippen LogP) is 3.65. The largest absolute Gasteiger partial charge is 0.351 e. The van der Waals surface area contributed by atoms with Crippen LogP contribution in [-0.4, -0.2) is 12.5 Å². The van der Waals surface area contributed by atoms with Crippen molar-refractivity contribution in [1.82, 2.24) is 5.32 Å². The number of thiophene rings is 1. The van der Waals surface area contributed by atoms with E-state index in [0.29, 0.717) is 5.92 Å². The normalized spacial score (nSPS) is 18.8. The first-order valence-corrected chi connectivity index (χ1v) is 7.81. The van der Waals surface area contributed by atoms with Crippen LogP contribution in [-0.2, 0) is 12.8 Å². The van der Waals surface area contributed by atoms with Crippen molar-refractivity contribution in [3.8, 4) is 0 Å². The number of hydrogen-bond acceptors (Lipinski definition) is 2. The molecule has 0 fully saturated rings. The van der Waals surface area contributed by atoms with Crippen molar-refractivity contribution in [2.45, 2.75) is 46.5 Å². The summed E-state index contributed by atoms with van der Waals surface area (Å²) in [4.78, 5) is 14.4. The van der Waals surface area contributed by atoms with Gasteiger partial charge in [0.25, 0.3) is 5.91 Å². The first-order chi connectivity index (χ1) is 8.60. The van der Waals surface area contributed by atoms with E-state index >= 15 is 0 Å². The van der Waals surface area contributed by atoms with Crippen molar-refractivity contribution in [2.24, 2.45) is 11.8 Å². The van der Waals surface area contributed by atoms with Gasteiger partial charge >= 0.3 is 0 Å². The summed E-state index contributed by atoms with van der Waals surface area (Å²) in [5.74, 6) is 1.43. The summed E-state index contributed by atoms with van der Waals surface area (Å²) in [5, 5.41) is 3.00. The SMILES string of the molecule is CCC1CCc2sc(C(=O)NCC(C)C)cc2C1. The zero-order valence-corrected chi connectivity index (χ0v) is 12.4. The first-order valence-electron chi connectivity index (χ1n) is 7.00. The molecule has 0 aromatic carbocycles. The average molecular weight is 265 g/mol. The van der Waals surface area contributed by atoms with Crippen molar-refractivity contribution in [2.75, 3.05) is 6.54 Å². The van der Waals surface area contributed by atoms with Crippen molar-refractivity contribution < 1.29 is 4.79 Å². The van der Waals surface area contributed by atoms with Gasteiger partial charge in [-0.15, -0.1) is 11.3 Å². The summed E-state index contributed by atoms with van der Waals surface area (Å²) < 4.78 is 0. The smallest absolute Gasteiger partial charge is 0.261 e. The Morgan fingerprint density at radius 1 is 1.56 bits per heavy atom. The summed E-state index contributed by atoms with van der Waals surface area (Å²) in [6, 6.07) is 2.12. The molecule has 0 radical (unpaired) electrons. The highest BCUT2D eigenvalue weighted by Crippen LogP contribution is 2.33. The van der Waals surface area contributed by atoms with E-state index in [-0.39, 0.29) is 5.91 Å². The molecule has 2 nitrogen and oxygen atoms in total. The van der Waals surface area contributed by atoms with Gasteiger partial charge in [0.2, 0.25) is 0 Å². The number of aryl methyl sites for hydroxylation is 1. The minimum Gasteiger partial charge on any atom is -0.351 e. The van der Waals surface area contributed by atoms with Crippen molar-refractivity contribution in [3.05, 3.63) is 21.4 Å². The average Bonchev–Trinajstić information content (AvgIpc) is 2.78. The molecule has 0 saturated carbocycles. The van der Waals surface area contributed by atoms with Crippen LogP contribution in [0.3, 0.4) is 0 Å². The zero-order valence-electron chi connectivity index (χ0n) is 11.6. The minimum absolute atomic E-state index is 0.108. The number of nitrogens with one attached hydrogen (secondary N) is 1. The van der Waals surface area contributed by atoms with E-state index in [1.54, 1.807) is 11.3 Å². The van der Waals surface area contributed by atoms with Gasteiger partial charge in [0.15, 0.2) is 0 Å². The highest BCUT2D eigenvalue weighted by Gasteiger charge is 2.21. The zero-order chi connectivity index (χ0) is 13.1. The number of hydrogen-bond donors (Lipinski definition) is 1. The van der Waals surface area contributed by atoms with Crippen LogP contribution in [0.15, 0.2) is 6.07 Å². The third-order valence-corrected chi connectivity index (χ3v) is 4.89. The molecule has 1 aromatic rings. The quantitative estimate of drug-likeness (QED) is 0.884.